The van der Waals surface area contributed by atoms with Crippen LogP contribution < -0.4 is 10.2 Å². The maximum atomic E-state index is 12.5. The Morgan fingerprint density at radius 1 is 1.18 bits per heavy atom. The summed E-state index contributed by atoms with van der Waals surface area (Å²) in [6.45, 7) is 3.97. The van der Waals surface area contributed by atoms with Crippen molar-refractivity contribution in [3.8, 4) is 5.95 Å². The zero-order valence-corrected chi connectivity index (χ0v) is 19.2. The third-order valence-electron chi connectivity index (χ3n) is 5.62. The number of aromatic nitrogens is 5. The molecule has 4 aromatic rings. The average molecular weight is 472 g/mol. The fraction of sp³-hybridized carbons (Fsp3) is 0.381. The molecule has 0 saturated carbocycles. The predicted octanol–water partition coefficient (Wildman–Crippen LogP) is 1.10. The van der Waals surface area contributed by atoms with Crippen LogP contribution in [0.2, 0.25) is 0 Å². The summed E-state index contributed by atoms with van der Waals surface area (Å²) in [5.74, 6) is 1.35. The van der Waals surface area contributed by atoms with Crippen molar-refractivity contribution in [2.24, 2.45) is 0 Å². The lowest BCUT2D eigenvalue weighted by Gasteiger charge is -2.34. The molecule has 12 heteroatoms. The summed E-state index contributed by atoms with van der Waals surface area (Å²) in [6, 6.07) is 10.9. The highest BCUT2D eigenvalue weighted by molar-refractivity contribution is 7.90. The first-order valence-electron chi connectivity index (χ1n) is 10.7. The Balaban J connectivity index is 1.81. The molecule has 1 fully saturated rings. The van der Waals surface area contributed by atoms with E-state index in [9.17, 15) is 13.5 Å². The van der Waals surface area contributed by atoms with Gasteiger partial charge in [-0.15, -0.1) is 5.10 Å². The molecular formula is C21H25N7O4S. The summed E-state index contributed by atoms with van der Waals surface area (Å²) < 4.78 is 33.8. The number of aliphatic hydroxyl groups is 1. The third-order valence-corrected chi connectivity index (χ3v) is 6.69. The van der Waals surface area contributed by atoms with E-state index in [4.69, 9.17) is 9.72 Å². The smallest absolute Gasteiger partial charge is 0.257 e. The molecule has 11 nitrogen and oxygen atoms in total. The summed E-state index contributed by atoms with van der Waals surface area (Å²) in [6.07, 6.45) is 1.16. The van der Waals surface area contributed by atoms with Crippen LogP contribution in [0.15, 0.2) is 41.4 Å². The molecule has 0 radical (unpaired) electrons. The van der Waals surface area contributed by atoms with Gasteiger partial charge >= 0.3 is 0 Å². The molecule has 1 atom stereocenters. The standard InChI is InChI=1S/C21H25N7O4S/c1-14-13-32-12-10-26(14)19-17-7-8-18(33(2,30)31)28(17)25-21(24-19)27-16-6-4-3-5-15(16)23-20(27)22-9-11-29/h3-8,14,29H,9-13H2,1-2H3,(H,22,23)/t14-/m1/s1. The highest BCUT2D eigenvalue weighted by atomic mass is 32.2. The Bertz CT molecular complexity index is 1430. The van der Waals surface area contributed by atoms with Gasteiger partial charge in [-0.25, -0.2) is 22.5 Å². The molecule has 0 spiro atoms. The van der Waals surface area contributed by atoms with Gasteiger partial charge in [-0.3, -0.25) is 0 Å². The summed E-state index contributed by atoms with van der Waals surface area (Å²) in [5.41, 5.74) is 2.08. The molecule has 1 saturated heterocycles. The number of anilines is 2. The van der Waals surface area contributed by atoms with Crippen molar-refractivity contribution < 1.29 is 18.3 Å². The first kappa shape index (κ1) is 21.6. The normalized spacial score (nSPS) is 17.2. The fourth-order valence-corrected chi connectivity index (χ4v) is 4.86. The molecule has 5 rings (SSSR count). The summed E-state index contributed by atoms with van der Waals surface area (Å²) >= 11 is 0. The van der Waals surface area contributed by atoms with Crippen molar-refractivity contribution in [3.63, 3.8) is 0 Å². The van der Waals surface area contributed by atoms with Crippen LogP contribution in [0.5, 0.6) is 0 Å². The molecule has 0 bridgehead atoms. The lowest BCUT2D eigenvalue weighted by molar-refractivity contribution is 0.0986. The van der Waals surface area contributed by atoms with Crippen molar-refractivity contribution in [2.75, 3.05) is 49.4 Å². The van der Waals surface area contributed by atoms with Crippen LogP contribution in [0.25, 0.3) is 22.5 Å². The lowest BCUT2D eigenvalue weighted by atomic mass is 10.2. The van der Waals surface area contributed by atoms with Crippen LogP contribution in [-0.4, -0.2) is 82.9 Å². The van der Waals surface area contributed by atoms with Crippen LogP contribution in [0, 0.1) is 0 Å². The summed E-state index contributed by atoms with van der Waals surface area (Å²) in [7, 11) is -3.54. The van der Waals surface area contributed by atoms with Crippen molar-refractivity contribution in [2.45, 2.75) is 18.0 Å². The van der Waals surface area contributed by atoms with E-state index >= 15 is 0 Å². The van der Waals surface area contributed by atoms with Gasteiger partial charge in [-0.2, -0.15) is 4.98 Å². The number of fused-ring (bicyclic) bond motifs is 2. The van der Waals surface area contributed by atoms with Crippen LogP contribution >= 0.6 is 0 Å². The first-order chi connectivity index (χ1) is 15.9. The number of ether oxygens (including phenoxy) is 1. The molecule has 0 unspecified atom stereocenters. The quantitative estimate of drug-likeness (QED) is 0.425. The van der Waals surface area contributed by atoms with E-state index < -0.39 is 9.84 Å². The maximum absolute atomic E-state index is 12.5. The SMILES string of the molecule is C[C@@H]1COCCN1c1nc(-n2c(NCCO)nc3ccccc32)nn2c(S(C)(=O)=O)ccc12. The van der Waals surface area contributed by atoms with E-state index in [0.29, 0.717) is 37.0 Å². The van der Waals surface area contributed by atoms with Crippen LogP contribution in [0.4, 0.5) is 11.8 Å². The largest absolute Gasteiger partial charge is 0.395 e. The summed E-state index contributed by atoms with van der Waals surface area (Å²) in [5, 5.41) is 17.1. The highest BCUT2D eigenvalue weighted by Gasteiger charge is 2.27. The van der Waals surface area contributed by atoms with Gasteiger partial charge in [0.25, 0.3) is 5.95 Å². The third kappa shape index (κ3) is 3.79. The van der Waals surface area contributed by atoms with Gasteiger partial charge in [-0.05, 0) is 31.2 Å². The van der Waals surface area contributed by atoms with Crippen molar-refractivity contribution >= 4 is 38.2 Å². The van der Waals surface area contributed by atoms with Gasteiger partial charge in [0, 0.05) is 19.3 Å². The number of nitrogens with one attached hydrogen (secondary N) is 1. The van der Waals surface area contributed by atoms with E-state index in [1.807, 2.05) is 31.2 Å². The Kier molecular flexibility index (Phi) is 5.43. The number of hydrogen-bond donors (Lipinski definition) is 2. The fourth-order valence-electron chi connectivity index (χ4n) is 4.09. The zero-order valence-electron chi connectivity index (χ0n) is 18.3. The van der Waals surface area contributed by atoms with E-state index in [2.05, 4.69) is 20.3 Å². The molecule has 33 heavy (non-hydrogen) atoms. The number of imidazole rings is 1. The van der Waals surface area contributed by atoms with Gasteiger partial charge in [0.1, 0.15) is 5.52 Å². The number of sulfone groups is 1. The van der Waals surface area contributed by atoms with Crippen LogP contribution in [-0.2, 0) is 14.6 Å². The second-order valence-corrected chi connectivity index (χ2v) is 9.97. The topological polar surface area (TPSA) is 127 Å². The number of morpholine rings is 1. The van der Waals surface area contributed by atoms with Crippen LogP contribution in [0.3, 0.4) is 0 Å². The van der Waals surface area contributed by atoms with Crippen LogP contribution in [0.1, 0.15) is 6.92 Å². The Morgan fingerprint density at radius 3 is 2.76 bits per heavy atom. The van der Waals surface area contributed by atoms with Crippen molar-refractivity contribution in [1.82, 2.24) is 24.1 Å². The highest BCUT2D eigenvalue weighted by Crippen LogP contribution is 2.29. The molecule has 174 valence electrons. The van der Waals surface area contributed by atoms with Gasteiger partial charge in [0.05, 0.1) is 36.9 Å². The minimum absolute atomic E-state index is 0.0494. The molecule has 1 aliphatic rings. The van der Waals surface area contributed by atoms with Crippen molar-refractivity contribution in [3.05, 3.63) is 36.4 Å². The second kappa shape index (κ2) is 8.28. The van der Waals surface area contributed by atoms with E-state index in [0.717, 1.165) is 17.3 Å². The molecule has 0 aliphatic carbocycles. The minimum Gasteiger partial charge on any atom is -0.395 e. The van der Waals surface area contributed by atoms with E-state index in [1.54, 1.807) is 16.7 Å². The van der Waals surface area contributed by atoms with E-state index in [1.165, 1.54) is 4.52 Å². The number of hydrogen-bond acceptors (Lipinski definition) is 9. The maximum Gasteiger partial charge on any atom is 0.257 e. The Labute approximate surface area is 190 Å². The van der Waals surface area contributed by atoms with Gasteiger partial charge in [-0.1, -0.05) is 12.1 Å². The Hall–Kier alpha value is -3.22. The number of aliphatic hydroxyl groups excluding tert-OH is 1. The van der Waals surface area contributed by atoms with Gasteiger partial charge in [0.15, 0.2) is 20.7 Å². The predicted molar refractivity (Wildman–Crippen MR) is 124 cm³/mol. The average Bonchev–Trinajstić information content (AvgIpc) is 3.38. The first-order valence-corrected chi connectivity index (χ1v) is 12.5. The molecular weight excluding hydrogens is 446 g/mol. The molecule has 1 aliphatic heterocycles. The monoisotopic (exact) mass is 471 g/mol. The molecule has 1 aromatic carbocycles. The number of nitrogens with zero attached hydrogens (tertiary/aromatic N) is 6. The number of para-hydroxylation sites is 2. The number of rotatable bonds is 6. The molecule has 2 N–H and O–H groups in total. The molecule has 3 aromatic heterocycles. The van der Waals surface area contributed by atoms with Gasteiger partial charge in [0.2, 0.25) is 5.95 Å². The molecule has 0 amide bonds. The second-order valence-electron chi connectivity index (χ2n) is 8.00. The Morgan fingerprint density at radius 2 is 2.00 bits per heavy atom. The lowest BCUT2D eigenvalue weighted by Crippen LogP contribution is -2.44. The molecule has 4 heterocycles. The van der Waals surface area contributed by atoms with Crippen molar-refractivity contribution in [1.29, 1.82) is 0 Å². The zero-order chi connectivity index (χ0) is 23.2. The minimum atomic E-state index is -3.54. The number of benzene rings is 1. The van der Waals surface area contributed by atoms with E-state index in [-0.39, 0.29) is 30.2 Å². The summed E-state index contributed by atoms with van der Waals surface area (Å²) in [4.78, 5) is 11.6. The van der Waals surface area contributed by atoms with Gasteiger partial charge < -0.3 is 20.1 Å².